The topological polar surface area (TPSA) is 27.1 Å². The molecule has 3 heteroatoms. The molecular formula is C25H45BrN2. The van der Waals surface area contributed by atoms with Gasteiger partial charge in [0.1, 0.15) is 0 Å². The number of allylic oxidation sites excluding steroid dienone is 2. The summed E-state index contributed by atoms with van der Waals surface area (Å²) in [7, 11) is 0. The van der Waals surface area contributed by atoms with Crippen molar-refractivity contribution in [3.63, 3.8) is 0 Å². The van der Waals surface area contributed by atoms with Gasteiger partial charge in [-0.2, -0.15) is 0 Å². The number of fused-ring (bicyclic) bond motifs is 1. The lowest BCUT2D eigenvalue weighted by molar-refractivity contribution is 0.216. The average Bonchev–Trinajstić information content (AvgIpc) is 3.35. The minimum absolute atomic E-state index is 0. The van der Waals surface area contributed by atoms with Gasteiger partial charge in [-0.15, -0.1) is 17.0 Å². The molecule has 0 aromatic carbocycles. The van der Waals surface area contributed by atoms with Gasteiger partial charge in [0, 0.05) is 29.9 Å². The van der Waals surface area contributed by atoms with Crippen LogP contribution in [0.5, 0.6) is 0 Å². The third kappa shape index (κ3) is 6.34. The van der Waals surface area contributed by atoms with Crippen molar-refractivity contribution in [2.75, 3.05) is 6.54 Å². The first-order valence-electron chi connectivity index (χ1n) is 12.4. The molecule has 0 radical (unpaired) electrons. The van der Waals surface area contributed by atoms with Crippen molar-refractivity contribution in [2.45, 2.75) is 129 Å². The molecule has 0 aromatic heterocycles. The third-order valence-electron chi connectivity index (χ3n) is 7.36. The predicted octanol–water partition coefficient (Wildman–Crippen LogP) is 8.21. The Labute approximate surface area is 185 Å². The van der Waals surface area contributed by atoms with Crippen molar-refractivity contribution in [2.24, 2.45) is 5.92 Å². The molecule has 3 rings (SSSR count). The molecule has 0 spiro atoms. The second kappa shape index (κ2) is 13.1. The molecule has 162 valence electrons. The van der Waals surface area contributed by atoms with Crippen LogP contribution in [-0.2, 0) is 0 Å². The van der Waals surface area contributed by atoms with E-state index in [4.69, 9.17) is 5.41 Å². The summed E-state index contributed by atoms with van der Waals surface area (Å²) in [5, 5.41) is 8.62. The van der Waals surface area contributed by atoms with Crippen LogP contribution in [0.3, 0.4) is 0 Å². The summed E-state index contributed by atoms with van der Waals surface area (Å²) in [5.41, 5.74) is 4.08. The zero-order valence-electron chi connectivity index (χ0n) is 18.4. The molecule has 1 aliphatic heterocycles. The minimum Gasteiger partial charge on any atom is -0.371 e. The number of unbranched alkanes of at least 4 members (excludes halogenated alkanes) is 11. The fourth-order valence-electron chi connectivity index (χ4n) is 5.83. The summed E-state index contributed by atoms with van der Waals surface area (Å²) < 4.78 is 0. The van der Waals surface area contributed by atoms with E-state index in [1.807, 2.05) is 0 Å². The molecule has 2 nitrogen and oxygen atoms in total. The first-order valence-corrected chi connectivity index (χ1v) is 12.4. The third-order valence-corrected chi connectivity index (χ3v) is 7.36. The molecule has 28 heavy (non-hydrogen) atoms. The van der Waals surface area contributed by atoms with Crippen molar-refractivity contribution < 1.29 is 0 Å². The monoisotopic (exact) mass is 452 g/mol. The standard InChI is InChI=1S/C25H44N2.BrH/c1-2-3-4-5-6-7-8-9-10-11-12-13-20-27-23-18-14-16-21(23)25(26)22-17-15-19-24(22)27;/h21,23,26H,2-20H2,1H3;1H. The Morgan fingerprint density at radius 1 is 0.786 bits per heavy atom. The molecule has 2 aliphatic carbocycles. The fourth-order valence-corrected chi connectivity index (χ4v) is 5.83. The Bertz CT molecular complexity index is 499. The summed E-state index contributed by atoms with van der Waals surface area (Å²) >= 11 is 0. The van der Waals surface area contributed by atoms with E-state index < -0.39 is 0 Å². The smallest absolute Gasteiger partial charge is 0.0414 e. The highest BCUT2D eigenvalue weighted by atomic mass is 79.9. The first-order chi connectivity index (χ1) is 13.3. The van der Waals surface area contributed by atoms with Crippen LogP contribution in [0.15, 0.2) is 11.3 Å². The quantitative estimate of drug-likeness (QED) is 0.280. The molecule has 1 N–H and O–H groups in total. The molecule has 0 bridgehead atoms. The summed E-state index contributed by atoms with van der Waals surface area (Å²) in [6, 6.07) is 0.682. The van der Waals surface area contributed by atoms with Gasteiger partial charge in [-0.25, -0.2) is 0 Å². The van der Waals surface area contributed by atoms with E-state index in [2.05, 4.69) is 11.8 Å². The highest BCUT2D eigenvalue weighted by Crippen LogP contribution is 2.44. The summed E-state index contributed by atoms with van der Waals surface area (Å²) in [5.74, 6) is 0.569. The zero-order chi connectivity index (χ0) is 18.9. The second-order valence-electron chi connectivity index (χ2n) is 9.38. The largest absolute Gasteiger partial charge is 0.371 e. The van der Waals surface area contributed by atoms with Crippen molar-refractivity contribution >= 4 is 22.7 Å². The number of halogens is 1. The Hall–Kier alpha value is -0.310. The fraction of sp³-hybridized carbons (Fsp3) is 0.880. The van der Waals surface area contributed by atoms with Crippen LogP contribution >= 0.6 is 17.0 Å². The van der Waals surface area contributed by atoms with E-state index in [0.29, 0.717) is 12.0 Å². The van der Waals surface area contributed by atoms with E-state index in [1.54, 1.807) is 5.70 Å². The summed E-state index contributed by atoms with van der Waals surface area (Å²) in [6.45, 7) is 3.57. The highest BCUT2D eigenvalue weighted by molar-refractivity contribution is 8.93. The molecule has 3 aliphatic rings. The Morgan fingerprint density at radius 3 is 2.04 bits per heavy atom. The summed E-state index contributed by atoms with van der Waals surface area (Å²) in [6.07, 6.45) is 24.9. The van der Waals surface area contributed by atoms with Gasteiger partial charge >= 0.3 is 0 Å². The van der Waals surface area contributed by atoms with Gasteiger partial charge in [0.2, 0.25) is 0 Å². The molecule has 1 heterocycles. The molecular weight excluding hydrogens is 408 g/mol. The maximum Gasteiger partial charge on any atom is 0.0414 e. The number of nitrogens with zero attached hydrogens (tertiary/aromatic N) is 1. The van der Waals surface area contributed by atoms with E-state index in [0.717, 1.165) is 5.71 Å². The van der Waals surface area contributed by atoms with Crippen LogP contribution in [0.25, 0.3) is 0 Å². The van der Waals surface area contributed by atoms with Gasteiger partial charge in [0.15, 0.2) is 0 Å². The van der Waals surface area contributed by atoms with Gasteiger partial charge in [0.05, 0.1) is 0 Å². The van der Waals surface area contributed by atoms with E-state index >= 15 is 0 Å². The predicted molar refractivity (Wildman–Crippen MR) is 128 cm³/mol. The van der Waals surface area contributed by atoms with Crippen molar-refractivity contribution in [1.29, 1.82) is 5.41 Å². The van der Waals surface area contributed by atoms with Crippen molar-refractivity contribution in [1.82, 2.24) is 4.90 Å². The number of hydrogen-bond donors (Lipinski definition) is 1. The van der Waals surface area contributed by atoms with Gasteiger partial charge in [-0.1, -0.05) is 84.0 Å². The highest BCUT2D eigenvalue weighted by Gasteiger charge is 2.42. The lowest BCUT2D eigenvalue weighted by Gasteiger charge is -2.41. The van der Waals surface area contributed by atoms with E-state index in [-0.39, 0.29) is 17.0 Å². The molecule has 2 unspecified atom stereocenters. The molecule has 0 amide bonds. The van der Waals surface area contributed by atoms with Gasteiger partial charge < -0.3 is 10.3 Å². The van der Waals surface area contributed by atoms with Gasteiger partial charge in [-0.3, -0.25) is 0 Å². The number of hydrogen-bond acceptors (Lipinski definition) is 2. The molecule has 0 saturated heterocycles. The first kappa shape index (κ1) is 24.0. The van der Waals surface area contributed by atoms with Crippen LogP contribution in [0.2, 0.25) is 0 Å². The van der Waals surface area contributed by atoms with Crippen LogP contribution in [-0.4, -0.2) is 23.2 Å². The minimum atomic E-state index is 0. The van der Waals surface area contributed by atoms with Crippen LogP contribution in [0.4, 0.5) is 0 Å². The van der Waals surface area contributed by atoms with Crippen LogP contribution < -0.4 is 0 Å². The molecule has 0 aromatic rings. The Morgan fingerprint density at radius 2 is 1.39 bits per heavy atom. The lowest BCUT2D eigenvalue weighted by atomic mass is 9.86. The molecule has 1 saturated carbocycles. The Kier molecular flexibility index (Phi) is 11.2. The van der Waals surface area contributed by atoms with E-state index in [9.17, 15) is 0 Å². The molecule has 2 atom stereocenters. The second-order valence-corrected chi connectivity index (χ2v) is 9.38. The SMILES string of the molecule is Br.CCCCCCCCCCCCCCN1C2=C(CCC2)C(=N)C2CCCC21. The maximum absolute atomic E-state index is 8.62. The van der Waals surface area contributed by atoms with Gasteiger partial charge in [-0.05, 0) is 44.1 Å². The normalized spacial score (nSPS) is 23.8. The maximum atomic E-state index is 8.62. The lowest BCUT2D eigenvalue weighted by Crippen LogP contribution is -2.45. The van der Waals surface area contributed by atoms with Crippen LogP contribution in [0.1, 0.15) is 122 Å². The number of nitrogens with one attached hydrogen (secondary N) is 1. The van der Waals surface area contributed by atoms with E-state index in [1.165, 1.54) is 128 Å². The average molecular weight is 454 g/mol. The van der Waals surface area contributed by atoms with Crippen LogP contribution in [0, 0.1) is 11.3 Å². The zero-order valence-corrected chi connectivity index (χ0v) is 20.2. The van der Waals surface area contributed by atoms with Crippen molar-refractivity contribution in [3.8, 4) is 0 Å². The number of rotatable bonds is 13. The summed E-state index contributed by atoms with van der Waals surface area (Å²) in [4.78, 5) is 2.79. The Balaban J connectivity index is 0.00000280. The molecule has 1 fully saturated rings. The van der Waals surface area contributed by atoms with Gasteiger partial charge in [0.25, 0.3) is 0 Å². The van der Waals surface area contributed by atoms with Crippen molar-refractivity contribution in [3.05, 3.63) is 11.3 Å².